The van der Waals surface area contributed by atoms with E-state index in [2.05, 4.69) is 15.0 Å². The summed E-state index contributed by atoms with van der Waals surface area (Å²) in [5.41, 5.74) is 1.10. The van der Waals surface area contributed by atoms with E-state index in [1.54, 1.807) is 5.38 Å². The molecule has 1 aromatic heterocycles. The van der Waals surface area contributed by atoms with Crippen LogP contribution in [0.3, 0.4) is 0 Å². The van der Waals surface area contributed by atoms with Gasteiger partial charge in [-0.1, -0.05) is 0 Å². The topological polar surface area (TPSA) is 85.4 Å². The van der Waals surface area contributed by atoms with Crippen molar-refractivity contribution in [1.82, 2.24) is 10.3 Å². The second kappa shape index (κ2) is 7.47. The summed E-state index contributed by atoms with van der Waals surface area (Å²) in [5.74, 6) is -0.614. The van der Waals surface area contributed by atoms with E-state index in [1.165, 1.54) is 35.6 Å². The van der Waals surface area contributed by atoms with E-state index < -0.39 is 16.2 Å². The van der Waals surface area contributed by atoms with Crippen molar-refractivity contribution in [2.45, 2.75) is 25.2 Å². The van der Waals surface area contributed by atoms with Gasteiger partial charge in [0.05, 0.1) is 23.6 Å². The Kier molecular flexibility index (Phi) is 5.43. The Bertz CT molecular complexity index is 924. The maximum absolute atomic E-state index is 12.2. The van der Waals surface area contributed by atoms with Crippen LogP contribution in [-0.2, 0) is 21.1 Å². The molecule has 11 heteroatoms. The van der Waals surface area contributed by atoms with Crippen LogP contribution in [0.5, 0.6) is 5.75 Å². The number of nitrogens with one attached hydrogen (secondary N) is 1. The SMILES string of the molecule is O=C(Cc1csc(-c2ccc(OC(F)(F)F)cc2)n1)N[C@@H]1CCS(=O)(=O)C1. The van der Waals surface area contributed by atoms with Crippen LogP contribution in [0, 0.1) is 0 Å². The molecule has 27 heavy (non-hydrogen) atoms. The Morgan fingerprint density at radius 1 is 1.30 bits per heavy atom. The lowest BCUT2D eigenvalue weighted by Crippen LogP contribution is -2.36. The number of hydrogen-bond donors (Lipinski definition) is 1. The van der Waals surface area contributed by atoms with Crippen molar-refractivity contribution in [1.29, 1.82) is 0 Å². The van der Waals surface area contributed by atoms with Gasteiger partial charge in [0.15, 0.2) is 9.84 Å². The van der Waals surface area contributed by atoms with Gasteiger partial charge in [-0.05, 0) is 30.7 Å². The van der Waals surface area contributed by atoms with Gasteiger partial charge in [-0.3, -0.25) is 4.79 Å². The van der Waals surface area contributed by atoms with Gasteiger partial charge in [0.25, 0.3) is 0 Å². The summed E-state index contributed by atoms with van der Waals surface area (Å²) in [7, 11) is -3.07. The Morgan fingerprint density at radius 2 is 2.00 bits per heavy atom. The van der Waals surface area contributed by atoms with Crippen LogP contribution in [-0.4, -0.2) is 43.2 Å². The Labute approximate surface area is 157 Å². The molecule has 146 valence electrons. The van der Waals surface area contributed by atoms with Crippen molar-refractivity contribution in [3.8, 4) is 16.3 Å². The van der Waals surface area contributed by atoms with Gasteiger partial charge in [-0.25, -0.2) is 13.4 Å². The molecule has 1 amide bonds. The van der Waals surface area contributed by atoms with Gasteiger partial charge in [-0.2, -0.15) is 0 Å². The Morgan fingerprint density at radius 3 is 2.59 bits per heavy atom. The van der Waals surface area contributed by atoms with Gasteiger partial charge in [0.2, 0.25) is 5.91 Å². The van der Waals surface area contributed by atoms with Crippen LogP contribution < -0.4 is 10.1 Å². The number of sulfone groups is 1. The first-order valence-corrected chi connectivity index (χ1v) is 10.6. The molecule has 1 aliphatic heterocycles. The minimum absolute atomic E-state index is 0.00230. The monoisotopic (exact) mass is 420 g/mol. The van der Waals surface area contributed by atoms with E-state index >= 15 is 0 Å². The van der Waals surface area contributed by atoms with Gasteiger partial charge < -0.3 is 10.1 Å². The van der Waals surface area contributed by atoms with Gasteiger partial charge >= 0.3 is 6.36 Å². The first kappa shape index (κ1) is 19.6. The van der Waals surface area contributed by atoms with Crippen molar-refractivity contribution in [2.24, 2.45) is 0 Å². The molecule has 0 aliphatic carbocycles. The Balaban J connectivity index is 1.59. The summed E-state index contributed by atoms with van der Waals surface area (Å²) < 4.78 is 63.2. The predicted octanol–water partition coefficient (Wildman–Crippen LogP) is 2.55. The second-order valence-electron chi connectivity index (χ2n) is 6.06. The maximum Gasteiger partial charge on any atom is 0.573 e. The molecule has 0 radical (unpaired) electrons. The molecule has 1 fully saturated rings. The van der Waals surface area contributed by atoms with E-state index in [1.807, 2.05) is 0 Å². The van der Waals surface area contributed by atoms with E-state index in [-0.39, 0.29) is 35.6 Å². The highest BCUT2D eigenvalue weighted by molar-refractivity contribution is 7.91. The summed E-state index contributed by atoms with van der Waals surface area (Å²) >= 11 is 1.26. The average Bonchev–Trinajstić information content (AvgIpc) is 3.13. The minimum Gasteiger partial charge on any atom is -0.406 e. The molecule has 1 aromatic carbocycles. The highest BCUT2D eigenvalue weighted by Crippen LogP contribution is 2.28. The molecule has 0 unspecified atom stereocenters. The zero-order valence-corrected chi connectivity index (χ0v) is 15.5. The molecular weight excluding hydrogens is 405 g/mol. The largest absolute Gasteiger partial charge is 0.573 e. The number of carbonyl (C=O) groups is 1. The quantitative estimate of drug-likeness (QED) is 0.804. The van der Waals surface area contributed by atoms with Crippen molar-refractivity contribution in [2.75, 3.05) is 11.5 Å². The van der Waals surface area contributed by atoms with Crippen LogP contribution >= 0.6 is 11.3 Å². The molecule has 2 aromatic rings. The smallest absolute Gasteiger partial charge is 0.406 e. The highest BCUT2D eigenvalue weighted by Gasteiger charge is 2.31. The first-order chi connectivity index (χ1) is 12.6. The summed E-state index contributed by atoms with van der Waals surface area (Å²) in [5, 5.41) is 4.92. The number of thiazole rings is 1. The third-order valence-corrected chi connectivity index (χ3v) is 6.53. The zero-order chi connectivity index (χ0) is 19.7. The van der Waals surface area contributed by atoms with Crippen LogP contribution in [0.15, 0.2) is 29.6 Å². The number of halogens is 3. The average molecular weight is 420 g/mol. The van der Waals surface area contributed by atoms with Crippen molar-refractivity contribution >= 4 is 27.1 Å². The molecule has 1 N–H and O–H groups in total. The highest BCUT2D eigenvalue weighted by atomic mass is 32.2. The number of carbonyl (C=O) groups excluding carboxylic acids is 1. The number of aromatic nitrogens is 1. The standard InChI is InChI=1S/C16H15F3N2O4S2/c17-16(18,19)25-13-3-1-10(2-4-13)15-21-12(8-26-15)7-14(22)20-11-5-6-27(23,24)9-11/h1-4,8,11H,5-7,9H2,(H,20,22)/t11-/m1/s1. The van der Waals surface area contributed by atoms with Crippen LogP contribution in [0.4, 0.5) is 13.2 Å². The number of rotatable bonds is 5. The first-order valence-electron chi connectivity index (χ1n) is 7.90. The number of amides is 1. The molecule has 6 nitrogen and oxygen atoms in total. The summed E-state index contributed by atoms with van der Waals surface area (Å²) in [6, 6.07) is 4.91. The Hall–Kier alpha value is -2.14. The third-order valence-electron chi connectivity index (χ3n) is 3.83. The molecule has 1 aliphatic rings. The van der Waals surface area contributed by atoms with Gasteiger partial charge in [0.1, 0.15) is 10.8 Å². The molecule has 3 rings (SSSR count). The van der Waals surface area contributed by atoms with Crippen molar-refractivity contribution in [3.05, 3.63) is 35.3 Å². The van der Waals surface area contributed by atoms with Crippen LogP contribution in [0.25, 0.3) is 10.6 Å². The fraction of sp³-hybridized carbons (Fsp3) is 0.375. The second-order valence-corrected chi connectivity index (χ2v) is 9.15. The molecule has 2 heterocycles. The number of alkyl halides is 3. The molecular formula is C16H15F3N2O4S2. The van der Waals surface area contributed by atoms with Crippen molar-refractivity contribution in [3.63, 3.8) is 0 Å². The van der Waals surface area contributed by atoms with E-state index in [0.29, 0.717) is 22.7 Å². The fourth-order valence-corrected chi connectivity index (χ4v) is 5.17. The number of ether oxygens (including phenoxy) is 1. The lowest BCUT2D eigenvalue weighted by molar-refractivity contribution is -0.274. The predicted molar refractivity (Wildman–Crippen MR) is 93.1 cm³/mol. The molecule has 0 bridgehead atoms. The van der Waals surface area contributed by atoms with Gasteiger partial charge in [0, 0.05) is 17.0 Å². The van der Waals surface area contributed by atoms with Crippen LogP contribution in [0.1, 0.15) is 12.1 Å². The lowest BCUT2D eigenvalue weighted by Gasteiger charge is -2.09. The number of nitrogens with zero attached hydrogens (tertiary/aromatic N) is 1. The summed E-state index contributed by atoms with van der Waals surface area (Å²) in [6.07, 6.45) is -4.34. The van der Waals surface area contributed by atoms with Gasteiger partial charge in [-0.15, -0.1) is 24.5 Å². The number of benzene rings is 1. The normalized spacial score (nSPS) is 19.0. The molecule has 0 saturated carbocycles. The summed E-state index contributed by atoms with van der Waals surface area (Å²) in [4.78, 5) is 16.3. The van der Waals surface area contributed by atoms with E-state index in [0.717, 1.165) is 0 Å². The number of hydrogen-bond acceptors (Lipinski definition) is 6. The van der Waals surface area contributed by atoms with Crippen LogP contribution in [0.2, 0.25) is 0 Å². The van der Waals surface area contributed by atoms with Crippen molar-refractivity contribution < 1.29 is 31.1 Å². The third kappa shape index (κ3) is 5.67. The lowest BCUT2D eigenvalue weighted by atomic mass is 10.2. The fourth-order valence-electron chi connectivity index (χ4n) is 2.67. The maximum atomic E-state index is 12.2. The zero-order valence-electron chi connectivity index (χ0n) is 13.8. The molecule has 1 atom stereocenters. The summed E-state index contributed by atoms with van der Waals surface area (Å²) in [6.45, 7) is 0. The van der Waals surface area contributed by atoms with E-state index in [4.69, 9.17) is 0 Å². The molecule has 1 saturated heterocycles. The van der Waals surface area contributed by atoms with E-state index in [9.17, 15) is 26.4 Å². The molecule has 0 spiro atoms. The minimum atomic E-state index is -4.75.